The molecule has 0 fully saturated rings. The third kappa shape index (κ3) is 5.85. The molecule has 1 atom stereocenters. The molecule has 5 nitrogen and oxygen atoms in total. The maximum Gasteiger partial charge on any atom is 0.240 e. The number of amides is 2. The Bertz CT molecular complexity index is 518. The summed E-state index contributed by atoms with van der Waals surface area (Å²) >= 11 is 0. The van der Waals surface area contributed by atoms with E-state index in [1.807, 2.05) is 39.0 Å². The number of carbonyl (C=O) groups is 2. The number of carbonyl (C=O) groups excluding carboxylic acids is 2. The van der Waals surface area contributed by atoms with E-state index in [1.54, 1.807) is 26.1 Å². The Labute approximate surface area is 132 Å². The number of rotatable bonds is 5. The van der Waals surface area contributed by atoms with E-state index in [9.17, 15) is 14.7 Å². The standard InChI is InChI=1S/C17H26N2O3/c1-16(2,3)18-14(20)12-19(5)15(21)11-17(4,22)13-9-7-6-8-10-13/h6-10,22H,11-12H2,1-5H3,(H,18,20). The third-order valence-corrected chi connectivity index (χ3v) is 3.21. The average molecular weight is 306 g/mol. The summed E-state index contributed by atoms with van der Waals surface area (Å²) in [6.45, 7) is 7.22. The van der Waals surface area contributed by atoms with Crippen molar-refractivity contribution in [3.63, 3.8) is 0 Å². The van der Waals surface area contributed by atoms with E-state index < -0.39 is 5.60 Å². The molecule has 2 amide bonds. The number of benzene rings is 1. The molecule has 0 bridgehead atoms. The van der Waals surface area contributed by atoms with E-state index in [0.29, 0.717) is 5.56 Å². The lowest BCUT2D eigenvalue weighted by Crippen LogP contribution is -2.47. The Morgan fingerprint density at radius 2 is 1.68 bits per heavy atom. The van der Waals surface area contributed by atoms with Crippen molar-refractivity contribution in [3.05, 3.63) is 35.9 Å². The van der Waals surface area contributed by atoms with Crippen LogP contribution in [0, 0.1) is 0 Å². The van der Waals surface area contributed by atoms with E-state index in [-0.39, 0.29) is 30.3 Å². The minimum absolute atomic E-state index is 0.0268. The molecule has 1 rings (SSSR count). The molecule has 5 heteroatoms. The highest BCUT2D eigenvalue weighted by Crippen LogP contribution is 2.24. The SMILES string of the molecule is CN(CC(=O)NC(C)(C)C)C(=O)CC(C)(O)c1ccccc1. The van der Waals surface area contributed by atoms with Gasteiger partial charge in [0.1, 0.15) is 0 Å². The molecule has 122 valence electrons. The monoisotopic (exact) mass is 306 g/mol. The number of nitrogens with zero attached hydrogens (tertiary/aromatic N) is 1. The predicted molar refractivity (Wildman–Crippen MR) is 86.2 cm³/mol. The summed E-state index contributed by atoms with van der Waals surface area (Å²) in [5.41, 5.74) is -0.917. The molecule has 0 aromatic heterocycles. The molecule has 1 aromatic carbocycles. The van der Waals surface area contributed by atoms with Crippen LogP contribution in [0.3, 0.4) is 0 Å². The Hall–Kier alpha value is -1.88. The molecule has 0 heterocycles. The number of hydrogen-bond acceptors (Lipinski definition) is 3. The van der Waals surface area contributed by atoms with Gasteiger partial charge in [0.2, 0.25) is 11.8 Å². The van der Waals surface area contributed by atoms with Crippen LogP contribution < -0.4 is 5.32 Å². The van der Waals surface area contributed by atoms with Gasteiger partial charge in [0.05, 0.1) is 18.6 Å². The highest BCUT2D eigenvalue weighted by Gasteiger charge is 2.28. The molecule has 0 saturated heterocycles. The Kier molecular flexibility index (Phi) is 5.72. The lowest BCUT2D eigenvalue weighted by Gasteiger charge is -2.27. The summed E-state index contributed by atoms with van der Waals surface area (Å²) in [5.74, 6) is -0.499. The van der Waals surface area contributed by atoms with Gasteiger partial charge in [0.15, 0.2) is 0 Å². The van der Waals surface area contributed by atoms with E-state index in [4.69, 9.17) is 0 Å². The minimum Gasteiger partial charge on any atom is -0.385 e. The molecule has 0 radical (unpaired) electrons. The summed E-state index contributed by atoms with van der Waals surface area (Å²) in [6.07, 6.45) is -0.0731. The molecule has 22 heavy (non-hydrogen) atoms. The van der Waals surface area contributed by atoms with Gasteiger partial charge in [0, 0.05) is 12.6 Å². The van der Waals surface area contributed by atoms with Gasteiger partial charge in [-0.3, -0.25) is 9.59 Å². The van der Waals surface area contributed by atoms with Crippen molar-refractivity contribution in [2.75, 3.05) is 13.6 Å². The van der Waals surface area contributed by atoms with Crippen LogP contribution in [0.4, 0.5) is 0 Å². The quantitative estimate of drug-likeness (QED) is 0.869. The summed E-state index contributed by atoms with van der Waals surface area (Å²) in [7, 11) is 1.56. The number of likely N-dealkylation sites (N-methyl/N-ethyl adjacent to an activating group) is 1. The maximum atomic E-state index is 12.2. The summed E-state index contributed by atoms with van der Waals surface area (Å²) in [5, 5.41) is 13.3. The fourth-order valence-corrected chi connectivity index (χ4v) is 2.09. The zero-order chi connectivity index (χ0) is 17.0. The zero-order valence-corrected chi connectivity index (χ0v) is 14.0. The van der Waals surface area contributed by atoms with Gasteiger partial charge >= 0.3 is 0 Å². The molecular formula is C17H26N2O3. The average Bonchev–Trinajstić information content (AvgIpc) is 2.36. The van der Waals surface area contributed by atoms with Crippen LogP contribution in [0.2, 0.25) is 0 Å². The number of hydrogen-bond donors (Lipinski definition) is 2. The first-order valence-electron chi connectivity index (χ1n) is 7.34. The van der Waals surface area contributed by atoms with Crippen LogP contribution >= 0.6 is 0 Å². The highest BCUT2D eigenvalue weighted by molar-refractivity contribution is 5.85. The second-order valence-corrected chi connectivity index (χ2v) is 6.86. The molecule has 2 N–H and O–H groups in total. The van der Waals surface area contributed by atoms with Crippen LogP contribution in [0.15, 0.2) is 30.3 Å². The molecule has 1 unspecified atom stereocenters. The van der Waals surface area contributed by atoms with Crippen LogP contribution in [0.1, 0.15) is 39.7 Å². The van der Waals surface area contributed by atoms with Crippen molar-refractivity contribution in [2.24, 2.45) is 0 Å². The fourth-order valence-electron chi connectivity index (χ4n) is 2.09. The molecule has 0 saturated carbocycles. The van der Waals surface area contributed by atoms with E-state index in [0.717, 1.165) is 0 Å². The van der Waals surface area contributed by atoms with Gasteiger partial charge in [-0.2, -0.15) is 0 Å². The number of nitrogens with one attached hydrogen (secondary N) is 1. The van der Waals surface area contributed by atoms with E-state index in [1.165, 1.54) is 4.90 Å². The fraction of sp³-hybridized carbons (Fsp3) is 0.529. The molecule has 1 aromatic rings. The second kappa shape index (κ2) is 6.92. The third-order valence-electron chi connectivity index (χ3n) is 3.21. The molecule has 0 aliphatic rings. The van der Waals surface area contributed by atoms with Gasteiger partial charge in [-0.1, -0.05) is 30.3 Å². The second-order valence-electron chi connectivity index (χ2n) is 6.86. The molecule has 0 spiro atoms. The lowest BCUT2D eigenvalue weighted by atomic mass is 9.92. The normalized spacial score (nSPS) is 14.1. The van der Waals surface area contributed by atoms with Crippen LogP contribution in [-0.4, -0.2) is 41.0 Å². The lowest BCUT2D eigenvalue weighted by molar-refractivity contribution is -0.139. The minimum atomic E-state index is -1.26. The first-order chi connectivity index (χ1) is 10.0. The molecule has 0 aliphatic heterocycles. The van der Waals surface area contributed by atoms with Crippen molar-refractivity contribution >= 4 is 11.8 Å². The first-order valence-corrected chi connectivity index (χ1v) is 7.34. The summed E-state index contributed by atoms with van der Waals surface area (Å²) < 4.78 is 0. The van der Waals surface area contributed by atoms with Crippen molar-refractivity contribution in [1.82, 2.24) is 10.2 Å². The maximum absolute atomic E-state index is 12.2. The van der Waals surface area contributed by atoms with Crippen molar-refractivity contribution in [1.29, 1.82) is 0 Å². The van der Waals surface area contributed by atoms with E-state index in [2.05, 4.69) is 5.32 Å². The van der Waals surface area contributed by atoms with Crippen LogP contribution in [-0.2, 0) is 15.2 Å². The van der Waals surface area contributed by atoms with Gasteiger partial charge in [0.25, 0.3) is 0 Å². The predicted octanol–water partition coefficient (Wildman–Crippen LogP) is 1.66. The highest BCUT2D eigenvalue weighted by atomic mass is 16.3. The topological polar surface area (TPSA) is 69.6 Å². The van der Waals surface area contributed by atoms with Crippen molar-refractivity contribution < 1.29 is 14.7 Å². The largest absolute Gasteiger partial charge is 0.385 e. The Morgan fingerprint density at radius 3 is 2.18 bits per heavy atom. The first kappa shape index (κ1) is 18.2. The van der Waals surface area contributed by atoms with Crippen molar-refractivity contribution in [3.8, 4) is 0 Å². The summed E-state index contributed by atoms with van der Waals surface area (Å²) in [4.78, 5) is 25.4. The van der Waals surface area contributed by atoms with Gasteiger partial charge in [-0.25, -0.2) is 0 Å². The smallest absolute Gasteiger partial charge is 0.240 e. The van der Waals surface area contributed by atoms with Crippen molar-refractivity contribution in [2.45, 2.75) is 45.3 Å². The van der Waals surface area contributed by atoms with Gasteiger partial charge < -0.3 is 15.3 Å². The Morgan fingerprint density at radius 1 is 1.14 bits per heavy atom. The molecule has 0 aliphatic carbocycles. The summed E-state index contributed by atoms with van der Waals surface area (Å²) in [6, 6.07) is 9.03. The number of aliphatic hydroxyl groups is 1. The molecular weight excluding hydrogens is 280 g/mol. The van der Waals surface area contributed by atoms with Crippen LogP contribution in [0.5, 0.6) is 0 Å². The van der Waals surface area contributed by atoms with Gasteiger partial charge in [-0.05, 0) is 33.3 Å². The van der Waals surface area contributed by atoms with Crippen LogP contribution in [0.25, 0.3) is 0 Å². The van der Waals surface area contributed by atoms with E-state index >= 15 is 0 Å². The van der Waals surface area contributed by atoms with Gasteiger partial charge in [-0.15, -0.1) is 0 Å². The zero-order valence-electron chi connectivity index (χ0n) is 14.0. The Balaban J connectivity index is 2.63.